The molecule has 12 heteroatoms. The molecule has 0 bridgehead atoms. The largest absolute Gasteiger partial charge is 0.416 e. The molecule has 2 aromatic carbocycles. The Kier molecular flexibility index (Phi) is 11.5. The van der Waals surface area contributed by atoms with Gasteiger partial charge in [0.1, 0.15) is 0 Å². The molecule has 4 N–H and O–H groups in total. The lowest BCUT2D eigenvalue weighted by Crippen LogP contribution is -2.42. The first-order valence-electron chi connectivity index (χ1n) is 13.3. The minimum absolute atomic E-state index is 0.230. The summed E-state index contributed by atoms with van der Waals surface area (Å²) in [4.78, 5) is 30.4. The van der Waals surface area contributed by atoms with Gasteiger partial charge in [-0.25, -0.2) is 0 Å². The zero-order valence-corrected chi connectivity index (χ0v) is 25.7. The number of pyridine rings is 1. The standard InChI is InChI=1S/C27H25ClF3N3O3.C2H6.H2IN/c28-24-20-13-18(5-7-22(20)32-14-21(24)19-6-8-23(35)33-25(19)36)26(37)9-11-34(12-10-26)15-16-1-3-17(4-2-16)27(29,30)31;2*1-2/h1-5,7,13-14,19,37H,6,8-12,15H2,(H,33,35,36);1-2H3;2H2. The number of nitrogens with one attached hydrogen (secondary N) is 1. The highest BCUT2D eigenvalue weighted by Gasteiger charge is 2.35. The highest BCUT2D eigenvalue weighted by atomic mass is 127. The Morgan fingerprint density at radius 3 is 2.34 bits per heavy atom. The van der Waals surface area contributed by atoms with E-state index in [1.165, 1.54) is 12.1 Å². The van der Waals surface area contributed by atoms with Crippen molar-refractivity contribution >= 4 is 57.2 Å². The maximum Gasteiger partial charge on any atom is 0.416 e. The molecule has 1 atom stereocenters. The number of likely N-dealkylation sites (tertiary alicyclic amines) is 1. The molecule has 5 rings (SSSR count). The van der Waals surface area contributed by atoms with E-state index in [9.17, 15) is 27.9 Å². The minimum Gasteiger partial charge on any atom is -0.385 e. The van der Waals surface area contributed by atoms with Crippen molar-refractivity contribution in [3.05, 3.63) is 75.9 Å². The summed E-state index contributed by atoms with van der Waals surface area (Å²) in [5.41, 5.74) is 0.886. The summed E-state index contributed by atoms with van der Waals surface area (Å²) in [5.74, 6) is -1.27. The highest BCUT2D eigenvalue weighted by Crippen LogP contribution is 2.39. The van der Waals surface area contributed by atoms with Gasteiger partial charge in [0.25, 0.3) is 0 Å². The number of amides is 2. The molecule has 0 spiro atoms. The van der Waals surface area contributed by atoms with Crippen LogP contribution >= 0.6 is 34.5 Å². The van der Waals surface area contributed by atoms with Crippen LogP contribution in [0.2, 0.25) is 5.02 Å². The lowest BCUT2D eigenvalue weighted by atomic mass is 9.83. The topological polar surface area (TPSA) is 109 Å². The van der Waals surface area contributed by atoms with Crippen molar-refractivity contribution in [2.75, 3.05) is 13.1 Å². The van der Waals surface area contributed by atoms with Crippen LogP contribution in [-0.2, 0) is 27.9 Å². The first-order chi connectivity index (χ1) is 19.5. The molecule has 2 fully saturated rings. The fourth-order valence-corrected chi connectivity index (χ4v) is 5.46. The van der Waals surface area contributed by atoms with Crippen molar-refractivity contribution in [1.82, 2.24) is 15.2 Å². The van der Waals surface area contributed by atoms with E-state index in [2.05, 4.69) is 19.1 Å². The molecule has 0 radical (unpaired) electrons. The van der Waals surface area contributed by atoms with Crippen LogP contribution in [0.3, 0.4) is 0 Å². The van der Waals surface area contributed by atoms with E-state index in [0.29, 0.717) is 65.9 Å². The fraction of sp³-hybridized carbons (Fsp3) is 0.414. The van der Waals surface area contributed by atoms with Crippen LogP contribution in [0, 0.1) is 0 Å². The first kappa shape index (κ1) is 33.2. The summed E-state index contributed by atoms with van der Waals surface area (Å²) in [6, 6.07) is 10.6. The summed E-state index contributed by atoms with van der Waals surface area (Å²) < 4.78 is 42.9. The molecule has 2 aliphatic rings. The Labute approximate surface area is 256 Å². The predicted octanol–water partition coefficient (Wildman–Crippen LogP) is 6.23. The van der Waals surface area contributed by atoms with E-state index in [0.717, 1.165) is 17.7 Å². The number of imide groups is 1. The molecule has 3 heterocycles. The zero-order valence-electron chi connectivity index (χ0n) is 22.8. The van der Waals surface area contributed by atoms with Crippen LogP contribution in [0.15, 0.2) is 48.7 Å². The maximum atomic E-state index is 12.8. The minimum atomic E-state index is -4.36. The number of hydrogen-bond acceptors (Lipinski definition) is 6. The number of carbonyl (C=O) groups excluding carboxylic acids is 2. The number of fused-ring (bicyclic) bond motifs is 1. The van der Waals surface area contributed by atoms with Crippen LogP contribution in [0.4, 0.5) is 13.2 Å². The quantitative estimate of drug-likeness (QED) is 0.169. The molecule has 0 aliphatic carbocycles. The van der Waals surface area contributed by atoms with Gasteiger partial charge in [-0.2, -0.15) is 13.2 Å². The number of rotatable bonds is 4. The molecule has 2 aliphatic heterocycles. The maximum absolute atomic E-state index is 12.8. The Balaban J connectivity index is 0.00000111. The number of benzene rings is 2. The lowest BCUT2D eigenvalue weighted by molar-refractivity contribution is -0.138. The van der Waals surface area contributed by atoms with Crippen LogP contribution in [-0.4, -0.2) is 39.9 Å². The molecule has 7 nitrogen and oxygen atoms in total. The molecule has 41 heavy (non-hydrogen) atoms. The smallest absolute Gasteiger partial charge is 0.385 e. The molecule has 1 aromatic heterocycles. The van der Waals surface area contributed by atoms with E-state index in [1.807, 2.05) is 26.0 Å². The molecule has 0 saturated carbocycles. The normalized spacial score (nSPS) is 19.0. The Morgan fingerprint density at radius 1 is 1.12 bits per heavy atom. The van der Waals surface area contributed by atoms with E-state index in [4.69, 9.17) is 11.6 Å². The summed E-state index contributed by atoms with van der Waals surface area (Å²) in [6.45, 7) is 5.63. The van der Waals surface area contributed by atoms with Gasteiger partial charge in [-0.15, -0.1) is 0 Å². The van der Waals surface area contributed by atoms with Crippen LogP contribution in [0.1, 0.15) is 67.7 Å². The molecule has 3 aromatic rings. The fourth-order valence-electron chi connectivity index (χ4n) is 5.13. The van der Waals surface area contributed by atoms with Crippen LogP contribution < -0.4 is 9.26 Å². The third-order valence-corrected chi connectivity index (χ3v) is 7.77. The van der Waals surface area contributed by atoms with Crippen LogP contribution in [0.25, 0.3) is 10.9 Å². The number of nitrogens with zero attached hydrogens (tertiary/aromatic N) is 2. The zero-order chi connectivity index (χ0) is 30.4. The molecular formula is C29H33ClF3IN4O3. The van der Waals surface area contributed by atoms with Gasteiger partial charge in [-0.05, 0) is 54.7 Å². The average Bonchev–Trinajstić information content (AvgIpc) is 2.97. The highest BCUT2D eigenvalue weighted by molar-refractivity contribution is 14.1. The van der Waals surface area contributed by atoms with Gasteiger partial charge in [-0.1, -0.05) is 43.6 Å². The third-order valence-electron chi connectivity index (χ3n) is 7.35. The monoisotopic (exact) mass is 704 g/mol. The second-order valence-corrected chi connectivity index (χ2v) is 10.1. The van der Waals surface area contributed by atoms with Gasteiger partial charge in [0.2, 0.25) is 11.8 Å². The number of alkyl halides is 3. The van der Waals surface area contributed by atoms with Crippen molar-refractivity contribution in [3.63, 3.8) is 0 Å². The van der Waals surface area contributed by atoms with E-state index in [-0.39, 0.29) is 12.3 Å². The van der Waals surface area contributed by atoms with Crippen molar-refractivity contribution in [2.45, 2.75) is 63.8 Å². The van der Waals surface area contributed by atoms with Crippen molar-refractivity contribution in [3.8, 4) is 0 Å². The number of aromatic nitrogens is 1. The summed E-state index contributed by atoms with van der Waals surface area (Å²) >= 11 is 8.37. The van der Waals surface area contributed by atoms with E-state index in [1.54, 1.807) is 35.1 Å². The van der Waals surface area contributed by atoms with Gasteiger partial charge in [0.05, 0.1) is 27.6 Å². The average molecular weight is 705 g/mol. The Hall–Kier alpha value is -2.32. The van der Waals surface area contributed by atoms with Crippen molar-refractivity contribution in [2.24, 2.45) is 3.95 Å². The van der Waals surface area contributed by atoms with E-state index < -0.39 is 29.2 Å². The molecular weight excluding hydrogens is 672 g/mol. The lowest BCUT2D eigenvalue weighted by Gasteiger charge is -2.38. The summed E-state index contributed by atoms with van der Waals surface area (Å²) in [7, 11) is 0. The molecule has 1 unspecified atom stereocenters. The number of aliphatic hydroxyl groups is 1. The Bertz CT molecular complexity index is 1360. The predicted molar refractivity (Wildman–Crippen MR) is 161 cm³/mol. The second-order valence-electron chi connectivity index (χ2n) is 9.77. The number of nitrogens with two attached hydrogens (primary N) is 1. The summed E-state index contributed by atoms with van der Waals surface area (Å²) in [5, 5.41) is 14.8. The van der Waals surface area contributed by atoms with Gasteiger partial charge in [0, 0.05) is 66.1 Å². The first-order valence-corrected chi connectivity index (χ1v) is 14.9. The van der Waals surface area contributed by atoms with Gasteiger partial charge >= 0.3 is 6.18 Å². The molecule has 222 valence electrons. The number of halogens is 5. The summed E-state index contributed by atoms with van der Waals surface area (Å²) in [6.07, 6.45) is -1.32. The van der Waals surface area contributed by atoms with E-state index >= 15 is 0 Å². The molecule has 2 saturated heterocycles. The molecule has 2 amide bonds. The van der Waals surface area contributed by atoms with Gasteiger partial charge < -0.3 is 5.11 Å². The Morgan fingerprint density at radius 2 is 1.76 bits per heavy atom. The SMILES string of the molecule is CC.NI.O=C1CCC(c2cnc3ccc(C4(O)CCN(Cc5ccc(C(F)(F)F)cc5)CC4)cc3c2Cl)C(=O)N1. The number of piperidine rings is 2. The van der Waals surface area contributed by atoms with Crippen molar-refractivity contribution < 1.29 is 27.9 Å². The third kappa shape index (κ3) is 7.75. The van der Waals surface area contributed by atoms with Gasteiger partial charge in [0.15, 0.2) is 0 Å². The van der Waals surface area contributed by atoms with Crippen molar-refractivity contribution in [1.29, 1.82) is 0 Å². The van der Waals surface area contributed by atoms with Crippen LogP contribution in [0.5, 0.6) is 0 Å². The van der Waals surface area contributed by atoms with Gasteiger partial charge in [-0.3, -0.25) is 28.7 Å². The number of hydrogen-bond donors (Lipinski definition) is 3. The second kappa shape index (κ2) is 14.2. The number of carbonyl (C=O) groups is 2.